The second kappa shape index (κ2) is 10.1. The third kappa shape index (κ3) is 6.19. The predicted molar refractivity (Wildman–Crippen MR) is 116 cm³/mol. The number of Topliss-reactive ketones (excluding diaryl/α,β-unsaturated/α-hetero) is 1. The zero-order valence-electron chi connectivity index (χ0n) is 17.4. The Hall–Kier alpha value is -3.11. The number of esters is 1. The van der Waals surface area contributed by atoms with Crippen LogP contribution in [-0.2, 0) is 14.3 Å². The lowest BCUT2D eigenvalue weighted by Gasteiger charge is -2.17. The topological polar surface area (TPSA) is 96.3 Å². The highest BCUT2D eigenvalue weighted by Crippen LogP contribution is 2.28. The van der Waals surface area contributed by atoms with E-state index < -0.39 is 16.6 Å². The molecule has 1 unspecified atom stereocenters. The van der Waals surface area contributed by atoms with Gasteiger partial charge in [0.15, 0.2) is 12.4 Å². The second-order valence-electron chi connectivity index (χ2n) is 7.65. The summed E-state index contributed by atoms with van der Waals surface area (Å²) in [5.74, 6) is -1.09. The zero-order chi connectivity index (χ0) is 22.3. The highest BCUT2D eigenvalue weighted by molar-refractivity contribution is 8.00. The Labute approximate surface area is 180 Å². The van der Waals surface area contributed by atoms with Crippen molar-refractivity contribution in [2.75, 3.05) is 11.9 Å². The molecule has 0 aliphatic carbocycles. The minimum Gasteiger partial charge on any atom is -0.454 e. The van der Waals surface area contributed by atoms with Gasteiger partial charge in [-0.05, 0) is 31.2 Å². The quantitative estimate of drug-likeness (QED) is 0.521. The van der Waals surface area contributed by atoms with Crippen LogP contribution in [0.3, 0.4) is 0 Å². The molecular weight excluding hydrogens is 400 g/mol. The summed E-state index contributed by atoms with van der Waals surface area (Å²) >= 11 is 1.20. The molecule has 0 heterocycles. The van der Waals surface area contributed by atoms with E-state index in [0.717, 1.165) is 0 Å². The molecule has 156 valence electrons. The van der Waals surface area contributed by atoms with Gasteiger partial charge in [0, 0.05) is 10.3 Å². The van der Waals surface area contributed by atoms with Crippen molar-refractivity contribution in [1.29, 1.82) is 5.26 Å². The van der Waals surface area contributed by atoms with Crippen molar-refractivity contribution < 1.29 is 19.1 Å². The third-order valence-electron chi connectivity index (χ3n) is 4.26. The number of para-hydroxylation sites is 1. The summed E-state index contributed by atoms with van der Waals surface area (Å²) in [6.45, 7) is 6.69. The van der Waals surface area contributed by atoms with E-state index in [2.05, 4.69) is 5.32 Å². The standard InChI is InChI=1S/C23H24N2O4S/c1-15(21(27)25-18-11-7-5-9-16(18)13-24)30-19-12-8-6-10-17(19)22(28)29-14-20(26)23(2,3)4/h5-12,15H,14H2,1-4H3,(H,25,27). The Morgan fingerprint density at radius 2 is 1.73 bits per heavy atom. The number of carbonyl (C=O) groups excluding carboxylic acids is 3. The minimum atomic E-state index is -0.613. The number of nitriles is 1. The molecule has 0 radical (unpaired) electrons. The highest BCUT2D eigenvalue weighted by atomic mass is 32.2. The lowest BCUT2D eigenvalue weighted by molar-refractivity contribution is -0.129. The van der Waals surface area contributed by atoms with Gasteiger partial charge in [-0.1, -0.05) is 45.0 Å². The molecule has 0 aromatic heterocycles. The van der Waals surface area contributed by atoms with E-state index in [1.807, 2.05) is 6.07 Å². The molecule has 1 N–H and O–H groups in total. The number of nitrogens with one attached hydrogen (secondary N) is 1. The fraction of sp³-hybridized carbons (Fsp3) is 0.304. The first-order chi connectivity index (χ1) is 14.1. The number of carbonyl (C=O) groups is 3. The van der Waals surface area contributed by atoms with Gasteiger partial charge in [-0.2, -0.15) is 5.26 Å². The van der Waals surface area contributed by atoms with Gasteiger partial charge in [0.1, 0.15) is 6.07 Å². The fourth-order valence-electron chi connectivity index (χ4n) is 2.33. The summed E-state index contributed by atoms with van der Waals surface area (Å²) < 4.78 is 5.19. The number of nitrogens with zero attached hydrogens (tertiary/aromatic N) is 1. The lowest BCUT2D eigenvalue weighted by Crippen LogP contribution is -2.26. The van der Waals surface area contributed by atoms with Crippen LogP contribution in [0.1, 0.15) is 43.6 Å². The first-order valence-corrected chi connectivity index (χ1v) is 10.3. The number of rotatable bonds is 7. The number of benzene rings is 2. The first kappa shape index (κ1) is 23.2. The van der Waals surface area contributed by atoms with Gasteiger partial charge in [-0.15, -0.1) is 11.8 Å². The van der Waals surface area contributed by atoms with E-state index in [0.29, 0.717) is 21.7 Å². The lowest BCUT2D eigenvalue weighted by atomic mass is 9.91. The van der Waals surface area contributed by atoms with Crippen molar-refractivity contribution >= 4 is 35.1 Å². The van der Waals surface area contributed by atoms with E-state index in [4.69, 9.17) is 10.00 Å². The van der Waals surface area contributed by atoms with Gasteiger partial charge in [-0.3, -0.25) is 9.59 Å². The summed E-state index contributed by atoms with van der Waals surface area (Å²) in [7, 11) is 0. The van der Waals surface area contributed by atoms with Gasteiger partial charge in [0.25, 0.3) is 0 Å². The number of ether oxygens (including phenoxy) is 1. The number of amides is 1. The summed E-state index contributed by atoms with van der Waals surface area (Å²) in [5.41, 5.74) is 0.503. The number of thioether (sulfide) groups is 1. The molecule has 2 rings (SSSR count). The Morgan fingerprint density at radius 3 is 2.40 bits per heavy atom. The summed E-state index contributed by atoms with van der Waals surface area (Å²) in [6.07, 6.45) is 0. The van der Waals surface area contributed by atoms with Crippen LogP contribution in [0.5, 0.6) is 0 Å². The number of hydrogen-bond donors (Lipinski definition) is 1. The van der Waals surface area contributed by atoms with E-state index in [9.17, 15) is 14.4 Å². The first-order valence-electron chi connectivity index (χ1n) is 9.39. The maximum Gasteiger partial charge on any atom is 0.339 e. The Morgan fingerprint density at radius 1 is 1.10 bits per heavy atom. The molecule has 0 saturated carbocycles. The summed E-state index contributed by atoms with van der Waals surface area (Å²) in [4.78, 5) is 37.7. The van der Waals surface area contributed by atoms with Crippen molar-refractivity contribution in [2.24, 2.45) is 5.41 Å². The summed E-state index contributed by atoms with van der Waals surface area (Å²) in [6, 6.07) is 15.5. The molecule has 0 spiro atoms. The van der Waals surface area contributed by atoms with Gasteiger partial charge in [0.05, 0.1) is 22.1 Å². The average molecular weight is 425 g/mol. The highest BCUT2D eigenvalue weighted by Gasteiger charge is 2.24. The molecule has 6 nitrogen and oxygen atoms in total. The molecule has 0 saturated heterocycles. The van der Waals surface area contributed by atoms with Crippen LogP contribution >= 0.6 is 11.8 Å². The number of ketones is 1. The third-order valence-corrected chi connectivity index (χ3v) is 5.43. The monoisotopic (exact) mass is 424 g/mol. The van der Waals surface area contributed by atoms with Crippen LogP contribution < -0.4 is 5.32 Å². The van der Waals surface area contributed by atoms with E-state index in [1.165, 1.54) is 11.8 Å². The van der Waals surface area contributed by atoms with Crippen molar-refractivity contribution in [3.8, 4) is 6.07 Å². The molecule has 2 aromatic carbocycles. The van der Waals surface area contributed by atoms with Gasteiger partial charge < -0.3 is 10.1 Å². The number of anilines is 1. The van der Waals surface area contributed by atoms with E-state index in [1.54, 1.807) is 76.2 Å². The normalized spacial score (nSPS) is 11.8. The maximum absolute atomic E-state index is 12.6. The van der Waals surface area contributed by atoms with Gasteiger partial charge >= 0.3 is 5.97 Å². The smallest absolute Gasteiger partial charge is 0.339 e. The van der Waals surface area contributed by atoms with Gasteiger partial charge in [0.2, 0.25) is 5.91 Å². The fourth-order valence-corrected chi connectivity index (χ4v) is 3.31. The Balaban J connectivity index is 2.08. The largest absolute Gasteiger partial charge is 0.454 e. The SMILES string of the molecule is CC(Sc1ccccc1C(=O)OCC(=O)C(C)(C)C)C(=O)Nc1ccccc1C#N. The number of hydrogen-bond acceptors (Lipinski definition) is 6. The Kier molecular flexibility index (Phi) is 7.79. The van der Waals surface area contributed by atoms with Crippen LogP contribution in [0.4, 0.5) is 5.69 Å². The maximum atomic E-state index is 12.6. The molecule has 1 atom stereocenters. The van der Waals surface area contributed by atoms with E-state index in [-0.39, 0.29) is 18.3 Å². The predicted octanol–water partition coefficient (Wildman–Crippen LogP) is 4.45. The molecule has 7 heteroatoms. The van der Waals surface area contributed by atoms with Crippen molar-refractivity contribution in [3.63, 3.8) is 0 Å². The molecule has 0 aliphatic heterocycles. The average Bonchev–Trinajstić information content (AvgIpc) is 2.71. The van der Waals surface area contributed by atoms with Crippen LogP contribution in [0, 0.1) is 16.7 Å². The van der Waals surface area contributed by atoms with Crippen LogP contribution in [0.2, 0.25) is 0 Å². The van der Waals surface area contributed by atoms with Crippen molar-refractivity contribution in [2.45, 2.75) is 37.8 Å². The van der Waals surface area contributed by atoms with Crippen molar-refractivity contribution in [3.05, 3.63) is 59.7 Å². The van der Waals surface area contributed by atoms with Crippen LogP contribution in [0.25, 0.3) is 0 Å². The second-order valence-corrected chi connectivity index (χ2v) is 9.03. The zero-order valence-corrected chi connectivity index (χ0v) is 18.2. The Bertz CT molecular complexity index is 989. The van der Waals surface area contributed by atoms with Crippen molar-refractivity contribution in [1.82, 2.24) is 0 Å². The molecule has 0 bridgehead atoms. The molecule has 2 aromatic rings. The molecule has 1 amide bonds. The summed E-state index contributed by atoms with van der Waals surface area (Å²) in [5, 5.41) is 11.4. The van der Waals surface area contributed by atoms with Gasteiger partial charge in [-0.25, -0.2) is 4.79 Å². The van der Waals surface area contributed by atoms with E-state index >= 15 is 0 Å². The molecule has 30 heavy (non-hydrogen) atoms. The van der Waals surface area contributed by atoms with Crippen LogP contribution in [-0.4, -0.2) is 29.5 Å². The molecule has 0 aliphatic rings. The molecular formula is C23H24N2O4S. The molecule has 0 fully saturated rings. The minimum absolute atomic E-state index is 0.176. The van der Waals surface area contributed by atoms with Crippen LogP contribution in [0.15, 0.2) is 53.4 Å².